The standard InChI is InChI=1S/C13H10Br2N4S/c1-6-17-10(5-20-6)13-18-11-8(12(16-2)19-13)3-7(14)4-9(11)15/h3-5H,1-2H3,(H,16,18,19). The van der Waals surface area contributed by atoms with E-state index in [2.05, 4.69) is 52.1 Å². The van der Waals surface area contributed by atoms with Crippen LogP contribution in [0.2, 0.25) is 0 Å². The molecular formula is C13H10Br2N4S. The predicted octanol–water partition coefficient (Wildman–Crippen LogP) is 4.63. The van der Waals surface area contributed by atoms with Gasteiger partial charge in [0, 0.05) is 26.8 Å². The zero-order valence-electron chi connectivity index (χ0n) is 10.7. The Morgan fingerprint density at radius 2 is 1.95 bits per heavy atom. The third-order valence-corrected chi connectivity index (χ3v) is 4.64. The summed E-state index contributed by atoms with van der Waals surface area (Å²) in [6.07, 6.45) is 0. The maximum atomic E-state index is 4.63. The minimum atomic E-state index is 0.634. The molecule has 20 heavy (non-hydrogen) atoms. The highest BCUT2D eigenvalue weighted by atomic mass is 79.9. The minimum Gasteiger partial charge on any atom is -0.373 e. The summed E-state index contributed by atoms with van der Waals surface area (Å²) in [7, 11) is 1.85. The molecule has 0 atom stereocenters. The number of fused-ring (bicyclic) bond motifs is 1. The molecule has 1 aromatic carbocycles. The summed E-state index contributed by atoms with van der Waals surface area (Å²) in [5, 5.41) is 7.07. The van der Waals surface area contributed by atoms with Crippen LogP contribution < -0.4 is 5.32 Å². The summed E-state index contributed by atoms with van der Waals surface area (Å²) in [5.74, 6) is 1.42. The third kappa shape index (κ3) is 2.45. The van der Waals surface area contributed by atoms with Gasteiger partial charge in [-0.05, 0) is 35.0 Å². The van der Waals surface area contributed by atoms with Crippen LogP contribution in [-0.2, 0) is 0 Å². The lowest BCUT2D eigenvalue weighted by Crippen LogP contribution is -1.99. The Morgan fingerprint density at radius 3 is 2.60 bits per heavy atom. The number of anilines is 1. The largest absolute Gasteiger partial charge is 0.373 e. The Hall–Kier alpha value is -1.05. The van der Waals surface area contributed by atoms with Crippen molar-refractivity contribution >= 4 is 59.9 Å². The summed E-state index contributed by atoms with van der Waals surface area (Å²) < 4.78 is 1.91. The molecule has 0 unspecified atom stereocenters. The number of benzene rings is 1. The minimum absolute atomic E-state index is 0.634. The van der Waals surface area contributed by atoms with Gasteiger partial charge in [0.15, 0.2) is 5.82 Å². The second-order valence-corrected chi connectivity index (χ2v) is 7.01. The lowest BCUT2D eigenvalue weighted by atomic mass is 10.2. The molecule has 0 amide bonds. The number of thiazole rings is 1. The Morgan fingerprint density at radius 1 is 1.15 bits per heavy atom. The second kappa shape index (κ2) is 5.38. The Balaban J connectivity index is 2.31. The highest BCUT2D eigenvalue weighted by molar-refractivity contribution is 9.11. The third-order valence-electron chi connectivity index (χ3n) is 2.80. The monoisotopic (exact) mass is 412 g/mol. The average molecular weight is 414 g/mol. The van der Waals surface area contributed by atoms with E-state index >= 15 is 0 Å². The van der Waals surface area contributed by atoms with Crippen LogP contribution in [0.4, 0.5) is 5.82 Å². The molecule has 0 fully saturated rings. The summed E-state index contributed by atoms with van der Waals surface area (Å²) in [6.45, 7) is 1.97. The summed E-state index contributed by atoms with van der Waals surface area (Å²) in [6, 6.07) is 3.98. The molecule has 0 spiro atoms. The zero-order valence-corrected chi connectivity index (χ0v) is 14.7. The molecule has 4 nitrogen and oxygen atoms in total. The van der Waals surface area contributed by atoms with Gasteiger partial charge in [-0.2, -0.15) is 0 Å². The predicted molar refractivity (Wildman–Crippen MR) is 90.3 cm³/mol. The van der Waals surface area contributed by atoms with Crippen LogP contribution >= 0.6 is 43.2 Å². The van der Waals surface area contributed by atoms with Gasteiger partial charge >= 0.3 is 0 Å². The van der Waals surface area contributed by atoms with Crippen molar-refractivity contribution < 1.29 is 0 Å². The first-order valence-electron chi connectivity index (χ1n) is 5.85. The van der Waals surface area contributed by atoms with Gasteiger partial charge in [0.1, 0.15) is 11.5 Å². The zero-order chi connectivity index (χ0) is 14.3. The quantitative estimate of drug-likeness (QED) is 0.665. The van der Waals surface area contributed by atoms with E-state index < -0.39 is 0 Å². The van der Waals surface area contributed by atoms with Crippen LogP contribution in [0, 0.1) is 6.92 Å². The van der Waals surface area contributed by atoms with E-state index in [1.54, 1.807) is 11.3 Å². The fraction of sp³-hybridized carbons (Fsp3) is 0.154. The van der Waals surface area contributed by atoms with Gasteiger partial charge in [-0.1, -0.05) is 15.9 Å². The van der Waals surface area contributed by atoms with Crippen molar-refractivity contribution in [1.82, 2.24) is 15.0 Å². The first-order chi connectivity index (χ1) is 9.58. The molecule has 0 aliphatic heterocycles. The van der Waals surface area contributed by atoms with Gasteiger partial charge in [-0.25, -0.2) is 15.0 Å². The van der Waals surface area contributed by atoms with E-state index in [9.17, 15) is 0 Å². The van der Waals surface area contributed by atoms with Crippen molar-refractivity contribution in [2.24, 2.45) is 0 Å². The smallest absolute Gasteiger partial charge is 0.181 e. The molecule has 1 N–H and O–H groups in total. The van der Waals surface area contributed by atoms with Crippen molar-refractivity contribution in [2.75, 3.05) is 12.4 Å². The molecule has 7 heteroatoms. The summed E-state index contributed by atoms with van der Waals surface area (Å²) in [5.41, 5.74) is 1.67. The second-order valence-electron chi connectivity index (χ2n) is 4.18. The number of halogens is 2. The highest BCUT2D eigenvalue weighted by Crippen LogP contribution is 2.32. The van der Waals surface area contributed by atoms with Crippen LogP contribution in [-0.4, -0.2) is 22.0 Å². The molecule has 0 bridgehead atoms. The molecule has 0 aliphatic rings. The van der Waals surface area contributed by atoms with E-state index in [1.165, 1.54) is 0 Å². The molecule has 102 valence electrons. The number of rotatable bonds is 2. The van der Waals surface area contributed by atoms with Gasteiger partial charge in [0.05, 0.1) is 10.5 Å². The van der Waals surface area contributed by atoms with Crippen molar-refractivity contribution in [1.29, 1.82) is 0 Å². The van der Waals surface area contributed by atoms with E-state index in [0.717, 1.165) is 36.4 Å². The number of aryl methyl sites for hydroxylation is 1. The first kappa shape index (κ1) is 13.9. The summed E-state index contributed by atoms with van der Waals surface area (Å²) >= 11 is 8.64. The van der Waals surface area contributed by atoms with Gasteiger partial charge in [0.25, 0.3) is 0 Å². The summed E-state index contributed by atoms with van der Waals surface area (Å²) in [4.78, 5) is 13.7. The number of nitrogens with one attached hydrogen (secondary N) is 1. The molecule has 0 radical (unpaired) electrons. The lowest BCUT2D eigenvalue weighted by molar-refractivity contribution is 1.17. The normalized spacial score (nSPS) is 11.0. The van der Waals surface area contributed by atoms with Crippen molar-refractivity contribution in [2.45, 2.75) is 6.92 Å². The highest BCUT2D eigenvalue weighted by Gasteiger charge is 2.13. The molecule has 3 aromatic rings. The van der Waals surface area contributed by atoms with Crippen LogP contribution in [0.25, 0.3) is 22.4 Å². The van der Waals surface area contributed by atoms with Gasteiger partial charge < -0.3 is 5.32 Å². The molecule has 2 heterocycles. The van der Waals surface area contributed by atoms with E-state index in [0.29, 0.717) is 5.82 Å². The van der Waals surface area contributed by atoms with Crippen LogP contribution in [0.1, 0.15) is 5.01 Å². The fourth-order valence-electron chi connectivity index (χ4n) is 1.93. The molecule has 0 saturated heterocycles. The Bertz CT molecular complexity index is 800. The Kier molecular flexibility index (Phi) is 3.74. The van der Waals surface area contributed by atoms with Crippen molar-refractivity contribution in [3.05, 3.63) is 31.5 Å². The lowest BCUT2D eigenvalue weighted by Gasteiger charge is -2.09. The number of aromatic nitrogens is 3. The van der Waals surface area contributed by atoms with Gasteiger partial charge in [-0.15, -0.1) is 11.3 Å². The van der Waals surface area contributed by atoms with E-state index in [-0.39, 0.29) is 0 Å². The van der Waals surface area contributed by atoms with Crippen molar-refractivity contribution in [3.8, 4) is 11.5 Å². The molecule has 0 saturated carbocycles. The number of nitrogens with zero attached hydrogens (tertiary/aromatic N) is 3. The van der Waals surface area contributed by atoms with Crippen LogP contribution in [0.5, 0.6) is 0 Å². The van der Waals surface area contributed by atoms with Crippen LogP contribution in [0.3, 0.4) is 0 Å². The van der Waals surface area contributed by atoms with Crippen molar-refractivity contribution in [3.63, 3.8) is 0 Å². The number of hydrogen-bond acceptors (Lipinski definition) is 5. The molecular weight excluding hydrogens is 404 g/mol. The molecule has 3 rings (SSSR count). The SMILES string of the molecule is CNc1nc(-c2csc(C)n2)nc2c(Br)cc(Br)cc12. The fourth-order valence-corrected chi connectivity index (χ4v) is 3.83. The van der Waals surface area contributed by atoms with E-state index in [4.69, 9.17) is 0 Å². The maximum Gasteiger partial charge on any atom is 0.181 e. The Labute approximate surface area is 136 Å². The number of hydrogen-bond donors (Lipinski definition) is 1. The van der Waals surface area contributed by atoms with Crippen LogP contribution in [0.15, 0.2) is 26.5 Å². The average Bonchev–Trinajstić information content (AvgIpc) is 2.84. The first-order valence-corrected chi connectivity index (χ1v) is 8.32. The topological polar surface area (TPSA) is 50.7 Å². The van der Waals surface area contributed by atoms with Gasteiger partial charge in [-0.3, -0.25) is 0 Å². The maximum absolute atomic E-state index is 4.63. The molecule has 2 aromatic heterocycles. The van der Waals surface area contributed by atoms with E-state index in [1.807, 2.05) is 31.5 Å². The van der Waals surface area contributed by atoms with Gasteiger partial charge in [0.2, 0.25) is 0 Å². The molecule has 0 aliphatic carbocycles.